The van der Waals surface area contributed by atoms with E-state index in [-0.39, 0.29) is 0 Å². The number of anilines is 2. The summed E-state index contributed by atoms with van der Waals surface area (Å²) in [5.41, 5.74) is 0. The summed E-state index contributed by atoms with van der Waals surface area (Å²) in [6, 6.07) is 1.99. The lowest BCUT2D eigenvalue weighted by Gasteiger charge is -2.13. The van der Waals surface area contributed by atoms with Crippen molar-refractivity contribution in [3.63, 3.8) is 0 Å². The largest absolute Gasteiger partial charge is 0.370 e. The number of aromatic nitrogens is 2. The van der Waals surface area contributed by atoms with Gasteiger partial charge in [0.25, 0.3) is 0 Å². The van der Waals surface area contributed by atoms with E-state index in [0.717, 1.165) is 43.4 Å². The Morgan fingerprint density at radius 2 is 1.89 bits per heavy atom. The molecule has 0 bridgehead atoms. The smallest absolute Gasteiger partial charge is 0.132 e. The van der Waals surface area contributed by atoms with Crippen molar-refractivity contribution >= 4 is 23.4 Å². The first kappa shape index (κ1) is 15.1. The molecular weight excluding hydrogens is 244 g/mol. The third kappa shape index (κ3) is 5.12. The lowest BCUT2D eigenvalue weighted by Crippen LogP contribution is -2.15. The van der Waals surface area contributed by atoms with Gasteiger partial charge in [0.2, 0.25) is 0 Å². The van der Waals surface area contributed by atoms with E-state index < -0.39 is 0 Å². The zero-order valence-electron chi connectivity index (χ0n) is 11.8. The van der Waals surface area contributed by atoms with Crippen LogP contribution in [-0.2, 0) is 6.42 Å². The Hall–Kier alpha value is -0.970. The van der Waals surface area contributed by atoms with Crippen LogP contribution in [0.3, 0.4) is 0 Å². The molecule has 0 aromatic carbocycles. The second-order valence-electron chi connectivity index (χ2n) is 4.26. The van der Waals surface area contributed by atoms with Gasteiger partial charge in [0.15, 0.2) is 0 Å². The second kappa shape index (κ2) is 8.19. The van der Waals surface area contributed by atoms with Crippen LogP contribution in [0.1, 0.15) is 33.0 Å². The fourth-order valence-electron chi connectivity index (χ4n) is 1.42. The number of rotatable bonds is 8. The molecule has 1 heterocycles. The van der Waals surface area contributed by atoms with Gasteiger partial charge in [0, 0.05) is 30.8 Å². The van der Waals surface area contributed by atoms with Crippen molar-refractivity contribution in [1.29, 1.82) is 0 Å². The number of thioether (sulfide) groups is 1. The summed E-state index contributed by atoms with van der Waals surface area (Å²) in [6.45, 7) is 8.30. The van der Waals surface area contributed by atoms with Crippen molar-refractivity contribution in [2.24, 2.45) is 0 Å². The number of hydrogen-bond acceptors (Lipinski definition) is 5. The van der Waals surface area contributed by atoms with Gasteiger partial charge in [-0.05, 0) is 12.7 Å². The standard InChI is InChI=1S/C13H24N4S/c1-5-7-14-12-8-13(15-9-10(3)18-4)17-11(6-2)16-12/h8,10H,5-7,9H2,1-4H3,(H2,14,15,16,17). The lowest BCUT2D eigenvalue weighted by molar-refractivity contribution is 0.907. The van der Waals surface area contributed by atoms with Gasteiger partial charge in [0.05, 0.1) is 0 Å². The first-order chi connectivity index (χ1) is 8.69. The minimum Gasteiger partial charge on any atom is -0.370 e. The van der Waals surface area contributed by atoms with Gasteiger partial charge >= 0.3 is 0 Å². The molecule has 0 radical (unpaired) electrons. The van der Waals surface area contributed by atoms with E-state index in [9.17, 15) is 0 Å². The van der Waals surface area contributed by atoms with E-state index in [0.29, 0.717) is 5.25 Å². The van der Waals surface area contributed by atoms with Gasteiger partial charge in [-0.15, -0.1) is 0 Å². The normalized spacial score (nSPS) is 12.2. The van der Waals surface area contributed by atoms with Gasteiger partial charge in [-0.25, -0.2) is 9.97 Å². The maximum Gasteiger partial charge on any atom is 0.132 e. The molecule has 0 saturated heterocycles. The monoisotopic (exact) mass is 268 g/mol. The molecule has 18 heavy (non-hydrogen) atoms. The van der Waals surface area contributed by atoms with Crippen LogP contribution in [0, 0.1) is 0 Å². The second-order valence-corrected chi connectivity index (χ2v) is 5.54. The molecule has 1 aromatic heterocycles. The van der Waals surface area contributed by atoms with E-state index in [2.05, 4.69) is 47.6 Å². The molecule has 0 aliphatic rings. The molecule has 0 amide bonds. The Balaban J connectivity index is 2.70. The lowest BCUT2D eigenvalue weighted by atomic mass is 10.4. The number of nitrogens with zero attached hydrogens (tertiary/aromatic N) is 2. The van der Waals surface area contributed by atoms with Crippen molar-refractivity contribution < 1.29 is 0 Å². The predicted molar refractivity (Wildman–Crippen MR) is 81.7 cm³/mol. The van der Waals surface area contributed by atoms with Crippen molar-refractivity contribution in [1.82, 2.24) is 9.97 Å². The number of hydrogen-bond donors (Lipinski definition) is 2. The van der Waals surface area contributed by atoms with Crippen LogP contribution in [0.5, 0.6) is 0 Å². The molecule has 1 rings (SSSR count). The Morgan fingerprint density at radius 1 is 1.22 bits per heavy atom. The maximum atomic E-state index is 4.49. The minimum absolute atomic E-state index is 0.581. The molecular formula is C13H24N4S. The van der Waals surface area contributed by atoms with E-state index in [1.54, 1.807) is 0 Å². The minimum atomic E-state index is 0.581. The highest BCUT2D eigenvalue weighted by atomic mass is 32.2. The van der Waals surface area contributed by atoms with Crippen molar-refractivity contribution in [2.75, 3.05) is 30.0 Å². The number of nitrogens with one attached hydrogen (secondary N) is 2. The van der Waals surface area contributed by atoms with Crippen molar-refractivity contribution in [3.05, 3.63) is 11.9 Å². The van der Waals surface area contributed by atoms with Crippen LogP contribution in [-0.4, -0.2) is 34.6 Å². The topological polar surface area (TPSA) is 49.8 Å². The first-order valence-corrected chi connectivity index (χ1v) is 7.86. The molecule has 0 aliphatic heterocycles. The van der Waals surface area contributed by atoms with Crippen LogP contribution in [0.4, 0.5) is 11.6 Å². The molecule has 5 heteroatoms. The van der Waals surface area contributed by atoms with Gasteiger partial charge < -0.3 is 10.6 Å². The van der Waals surface area contributed by atoms with E-state index >= 15 is 0 Å². The van der Waals surface area contributed by atoms with Crippen LogP contribution >= 0.6 is 11.8 Å². The van der Waals surface area contributed by atoms with Crippen LogP contribution in [0.15, 0.2) is 6.07 Å². The Labute approximate surface area is 114 Å². The molecule has 4 nitrogen and oxygen atoms in total. The predicted octanol–water partition coefficient (Wildman–Crippen LogP) is 3.02. The highest BCUT2D eigenvalue weighted by Gasteiger charge is 2.04. The zero-order chi connectivity index (χ0) is 13.4. The summed E-state index contributed by atoms with van der Waals surface area (Å²) >= 11 is 1.85. The van der Waals surface area contributed by atoms with Gasteiger partial charge in [-0.1, -0.05) is 20.8 Å². The average molecular weight is 268 g/mol. The summed E-state index contributed by atoms with van der Waals surface area (Å²) in [4.78, 5) is 8.96. The van der Waals surface area contributed by atoms with E-state index in [4.69, 9.17) is 0 Å². The molecule has 0 aliphatic carbocycles. The molecule has 0 saturated carbocycles. The first-order valence-electron chi connectivity index (χ1n) is 6.58. The highest BCUT2D eigenvalue weighted by molar-refractivity contribution is 7.99. The van der Waals surface area contributed by atoms with Gasteiger partial charge in [-0.3, -0.25) is 0 Å². The quantitative estimate of drug-likeness (QED) is 0.759. The third-order valence-electron chi connectivity index (χ3n) is 2.62. The molecule has 1 aromatic rings. The average Bonchev–Trinajstić information content (AvgIpc) is 2.42. The SMILES string of the molecule is CCCNc1cc(NCC(C)SC)nc(CC)n1. The molecule has 2 N–H and O–H groups in total. The fraction of sp³-hybridized carbons (Fsp3) is 0.692. The number of aryl methyl sites for hydroxylation is 1. The molecule has 1 unspecified atom stereocenters. The Bertz CT molecular complexity index is 357. The highest BCUT2D eigenvalue weighted by Crippen LogP contribution is 2.13. The summed E-state index contributed by atoms with van der Waals surface area (Å²) in [6.07, 6.45) is 4.07. The van der Waals surface area contributed by atoms with Gasteiger partial charge in [-0.2, -0.15) is 11.8 Å². The Kier molecular flexibility index (Phi) is 6.86. The fourth-order valence-corrected chi connectivity index (χ4v) is 1.67. The summed E-state index contributed by atoms with van der Waals surface area (Å²) in [5, 5.41) is 7.27. The van der Waals surface area contributed by atoms with Crippen LogP contribution in [0.25, 0.3) is 0 Å². The van der Waals surface area contributed by atoms with Gasteiger partial charge in [0.1, 0.15) is 17.5 Å². The van der Waals surface area contributed by atoms with Crippen molar-refractivity contribution in [2.45, 2.75) is 38.9 Å². The van der Waals surface area contributed by atoms with E-state index in [1.165, 1.54) is 0 Å². The van der Waals surface area contributed by atoms with Crippen LogP contribution in [0.2, 0.25) is 0 Å². The third-order valence-corrected chi connectivity index (χ3v) is 3.59. The molecule has 1 atom stereocenters. The molecule has 0 spiro atoms. The Morgan fingerprint density at radius 3 is 2.44 bits per heavy atom. The molecule has 102 valence electrons. The maximum absolute atomic E-state index is 4.49. The molecule has 0 fully saturated rings. The summed E-state index contributed by atoms with van der Waals surface area (Å²) in [5.74, 6) is 2.72. The summed E-state index contributed by atoms with van der Waals surface area (Å²) in [7, 11) is 0. The zero-order valence-corrected chi connectivity index (χ0v) is 12.6. The van der Waals surface area contributed by atoms with Crippen LogP contribution < -0.4 is 10.6 Å². The van der Waals surface area contributed by atoms with E-state index in [1.807, 2.05) is 17.8 Å². The summed E-state index contributed by atoms with van der Waals surface area (Å²) < 4.78 is 0. The van der Waals surface area contributed by atoms with Crippen molar-refractivity contribution in [3.8, 4) is 0 Å².